The first-order chi connectivity index (χ1) is 11.6. The van der Waals surface area contributed by atoms with E-state index < -0.39 is 4.92 Å². The fourth-order valence-electron chi connectivity index (χ4n) is 2.00. The molecule has 0 aliphatic carbocycles. The van der Waals surface area contributed by atoms with E-state index in [1.165, 1.54) is 18.2 Å². The highest BCUT2D eigenvalue weighted by Crippen LogP contribution is 2.32. The number of halogens is 1. The molecule has 0 unspecified atom stereocenters. The van der Waals surface area contributed by atoms with Crippen molar-refractivity contribution in [2.24, 2.45) is 0 Å². The van der Waals surface area contributed by atoms with Gasteiger partial charge in [-0.25, -0.2) is 0 Å². The highest BCUT2D eigenvalue weighted by Gasteiger charge is 2.23. The summed E-state index contributed by atoms with van der Waals surface area (Å²) in [6.07, 6.45) is 0. The fraction of sp³-hybridized carbons (Fsp3) is 0.278. The SMILES string of the molecule is CN(C(=O)c1cccc(Oc2ccc([N+](=O)[O-])cc2Cl)c1)C(C)(C)C. The zero-order chi connectivity index (χ0) is 18.8. The lowest BCUT2D eigenvalue weighted by atomic mass is 10.1. The molecule has 0 atom stereocenters. The molecule has 132 valence electrons. The van der Waals surface area contributed by atoms with Crippen LogP contribution >= 0.6 is 11.6 Å². The molecule has 2 aromatic rings. The van der Waals surface area contributed by atoms with Crippen molar-refractivity contribution >= 4 is 23.2 Å². The van der Waals surface area contributed by atoms with Crippen molar-refractivity contribution < 1.29 is 14.5 Å². The average Bonchev–Trinajstić information content (AvgIpc) is 2.54. The molecule has 0 bridgehead atoms. The monoisotopic (exact) mass is 362 g/mol. The van der Waals surface area contributed by atoms with E-state index in [4.69, 9.17) is 16.3 Å². The zero-order valence-electron chi connectivity index (χ0n) is 14.4. The van der Waals surface area contributed by atoms with Crippen LogP contribution in [0.3, 0.4) is 0 Å². The van der Waals surface area contributed by atoms with Crippen LogP contribution in [0.1, 0.15) is 31.1 Å². The first kappa shape index (κ1) is 18.7. The molecule has 0 saturated heterocycles. The number of nitrogens with zero attached hydrogens (tertiary/aromatic N) is 2. The van der Waals surface area contributed by atoms with Crippen molar-refractivity contribution in [1.82, 2.24) is 4.90 Å². The van der Waals surface area contributed by atoms with Gasteiger partial charge in [0, 0.05) is 30.3 Å². The van der Waals surface area contributed by atoms with E-state index in [0.29, 0.717) is 11.3 Å². The molecule has 1 amide bonds. The average molecular weight is 363 g/mol. The number of carbonyl (C=O) groups is 1. The predicted octanol–water partition coefficient (Wildman–Crippen LogP) is 4.91. The minimum atomic E-state index is -0.530. The quantitative estimate of drug-likeness (QED) is 0.572. The van der Waals surface area contributed by atoms with Gasteiger partial charge in [-0.1, -0.05) is 17.7 Å². The number of nitro benzene ring substituents is 1. The number of non-ortho nitro benzene ring substituents is 1. The first-order valence-electron chi connectivity index (χ1n) is 7.59. The normalized spacial score (nSPS) is 11.1. The van der Waals surface area contributed by atoms with Gasteiger partial charge in [0.05, 0.1) is 9.95 Å². The Bertz CT molecular complexity index is 815. The smallest absolute Gasteiger partial charge is 0.271 e. The molecule has 0 spiro atoms. The third-order valence-electron chi connectivity index (χ3n) is 3.75. The van der Waals surface area contributed by atoms with Crippen LogP contribution in [0.25, 0.3) is 0 Å². The Labute approximate surface area is 151 Å². The van der Waals surface area contributed by atoms with Gasteiger partial charge >= 0.3 is 0 Å². The molecule has 0 fully saturated rings. The summed E-state index contributed by atoms with van der Waals surface area (Å²) >= 11 is 6.03. The number of ether oxygens (including phenoxy) is 1. The van der Waals surface area contributed by atoms with Crippen LogP contribution in [0.4, 0.5) is 5.69 Å². The second kappa shape index (κ2) is 7.11. The van der Waals surface area contributed by atoms with Gasteiger partial charge in [-0.3, -0.25) is 14.9 Å². The lowest BCUT2D eigenvalue weighted by Gasteiger charge is -2.32. The molecule has 0 aromatic heterocycles. The molecule has 2 aromatic carbocycles. The van der Waals surface area contributed by atoms with Crippen molar-refractivity contribution in [3.63, 3.8) is 0 Å². The highest BCUT2D eigenvalue weighted by molar-refractivity contribution is 6.32. The van der Waals surface area contributed by atoms with Crippen LogP contribution in [0.5, 0.6) is 11.5 Å². The maximum atomic E-state index is 12.6. The predicted molar refractivity (Wildman–Crippen MR) is 96.5 cm³/mol. The zero-order valence-corrected chi connectivity index (χ0v) is 15.2. The van der Waals surface area contributed by atoms with Crippen LogP contribution in [0.15, 0.2) is 42.5 Å². The third kappa shape index (κ3) is 4.48. The topological polar surface area (TPSA) is 72.7 Å². The van der Waals surface area contributed by atoms with Crippen molar-refractivity contribution in [1.29, 1.82) is 0 Å². The van der Waals surface area contributed by atoms with Gasteiger partial charge in [0.1, 0.15) is 11.5 Å². The Morgan fingerprint density at radius 1 is 1.20 bits per heavy atom. The highest BCUT2D eigenvalue weighted by atomic mass is 35.5. The Morgan fingerprint density at radius 3 is 2.44 bits per heavy atom. The molecular weight excluding hydrogens is 344 g/mol. The number of rotatable bonds is 4. The van der Waals surface area contributed by atoms with Gasteiger partial charge < -0.3 is 9.64 Å². The number of hydrogen-bond donors (Lipinski definition) is 0. The van der Waals surface area contributed by atoms with E-state index in [0.717, 1.165) is 0 Å². The second-order valence-electron chi connectivity index (χ2n) is 6.54. The summed E-state index contributed by atoms with van der Waals surface area (Å²) in [5.74, 6) is 0.567. The molecule has 25 heavy (non-hydrogen) atoms. The molecule has 0 radical (unpaired) electrons. The van der Waals surface area contributed by atoms with E-state index >= 15 is 0 Å². The number of carbonyl (C=O) groups excluding carboxylic acids is 1. The molecule has 0 N–H and O–H groups in total. The fourth-order valence-corrected chi connectivity index (χ4v) is 2.22. The van der Waals surface area contributed by atoms with E-state index in [1.807, 2.05) is 20.8 Å². The van der Waals surface area contributed by atoms with Gasteiger partial charge in [0.25, 0.3) is 11.6 Å². The van der Waals surface area contributed by atoms with E-state index in [-0.39, 0.29) is 27.9 Å². The Balaban J connectivity index is 2.25. The maximum absolute atomic E-state index is 12.6. The van der Waals surface area contributed by atoms with Gasteiger partial charge in [-0.05, 0) is 45.0 Å². The van der Waals surface area contributed by atoms with Crippen molar-refractivity contribution in [3.05, 3.63) is 63.2 Å². The molecule has 0 saturated carbocycles. The van der Waals surface area contributed by atoms with Crippen LogP contribution in [0.2, 0.25) is 5.02 Å². The summed E-state index contributed by atoms with van der Waals surface area (Å²) in [6.45, 7) is 5.84. The van der Waals surface area contributed by atoms with Crippen molar-refractivity contribution in [3.8, 4) is 11.5 Å². The van der Waals surface area contributed by atoms with E-state index in [2.05, 4.69) is 0 Å². The molecule has 0 aliphatic rings. The summed E-state index contributed by atoms with van der Waals surface area (Å²) in [6, 6.07) is 10.7. The van der Waals surface area contributed by atoms with E-state index in [1.54, 1.807) is 36.2 Å². The number of hydrogen-bond acceptors (Lipinski definition) is 4. The number of benzene rings is 2. The molecule has 0 heterocycles. The van der Waals surface area contributed by atoms with Crippen molar-refractivity contribution in [2.75, 3.05) is 7.05 Å². The number of amides is 1. The largest absolute Gasteiger partial charge is 0.456 e. The first-order valence-corrected chi connectivity index (χ1v) is 7.97. The van der Waals surface area contributed by atoms with Gasteiger partial charge in [-0.2, -0.15) is 0 Å². The molecule has 0 aliphatic heterocycles. The minimum absolute atomic E-state index is 0.118. The van der Waals surface area contributed by atoms with Crippen LogP contribution in [0, 0.1) is 10.1 Å². The lowest BCUT2D eigenvalue weighted by Crippen LogP contribution is -2.42. The van der Waals surface area contributed by atoms with Crippen LogP contribution in [-0.4, -0.2) is 28.3 Å². The summed E-state index contributed by atoms with van der Waals surface area (Å²) in [5, 5.41) is 10.9. The Kier molecular flexibility index (Phi) is 5.33. The lowest BCUT2D eigenvalue weighted by molar-refractivity contribution is -0.384. The van der Waals surface area contributed by atoms with Crippen LogP contribution < -0.4 is 4.74 Å². The summed E-state index contributed by atoms with van der Waals surface area (Å²) < 4.78 is 5.67. The van der Waals surface area contributed by atoms with Gasteiger partial charge in [-0.15, -0.1) is 0 Å². The second-order valence-corrected chi connectivity index (χ2v) is 6.94. The summed E-state index contributed by atoms with van der Waals surface area (Å²) in [4.78, 5) is 24.4. The van der Waals surface area contributed by atoms with Gasteiger partial charge in [0.15, 0.2) is 0 Å². The summed E-state index contributed by atoms with van der Waals surface area (Å²) in [5.41, 5.74) is 0.0522. The standard InChI is InChI=1S/C18H19ClN2O4/c1-18(2,3)20(4)17(22)12-6-5-7-14(10-12)25-16-9-8-13(21(23)24)11-15(16)19/h5-11H,1-4H3. The molecule has 6 nitrogen and oxygen atoms in total. The molecule has 2 rings (SSSR count). The van der Waals surface area contributed by atoms with Crippen LogP contribution in [-0.2, 0) is 0 Å². The Morgan fingerprint density at radius 2 is 1.88 bits per heavy atom. The summed E-state index contributed by atoms with van der Waals surface area (Å²) in [7, 11) is 1.74. The van der Waals surface area contributed by atoms with E-state index in [9.17, 15) is 14.9 Å². The Hall–Kier alpha value is -2.60. The van der Waals surface area contributed by atoms with Gasteiger partial charge in [0.2, 0.25) is 0 Å². The minimum Gasteiger partial charge on any atom is -0.456 e. The molecule has 7 heteroatoms. The molecular formula is C18H19ClN2O4. The third-order valence-corrected chi connectivity index (χ3v) is 4.04. The maximum Gasteiger partial charge on any atom is 0.271 e. The number of nitro groups is 1. The van der Waals surface area contributed by atoms with Crippen molar-refractivity contribution in [2.45, 2.75) is 26.3 Å².